The van der Waals surface area contributed by atoms with Gasteiger partial charge in [0, 0.05) is 19.0 Å². The summed E-state index contributed by atoms with van der Waals surface area (Å²) in [5.41, 5.74) is -0.545. The summed E-state index contributed by atoms with van der Waals surface area (Å²) < 4.78 is 30.7. The first-order valence-corrected chi connectivity index (χ1v) is 5.76. The molecule has 0 bridgehead atoms. The largest absolute Gasteiger partial charge is 0.444 e. The SMILES string of the molecule is CC(C)(C)OC(=O)NC[C@H]1CCC(F)(F)CN1. The highest BCUT2D eigenvalue weighted by Gasteiger charge is 2.34. The van der Waals surface area contributed by atoms with E-state index in [4.69, 9.17) is 4.74 Å². The Kier molecular flexibility index (Phi) is 4.30. The molecule has 0 unspecified atom stereocenters. The van der Waals surface area contributed by atoms with Gasteiger partial charge >= 0.3 is 6.09 Å². The Morgan fingerprint density at radius 2 is 2.18 bits per heavy atom. The lowest BCUT2D eigenvalue weighted by Crippen LogP contribution is -2.50. The molecule has 0 radical (unpaired) electrons. The number of nitrogens with one attached hydrogen (secondary N) is 2. The van der Waals surface area contributed by atoms with Crippen LogP contribution in [0.25, 0.3) is 0 Å². The molecular formula is C11H20F2N2O2. The molecule has 2 N–H and O–H groups in total. The van der Waals surface area contributed by atoms with E-state index in [1.807, 2.05) is 0 Å². The van der Waals surface area contributed by atoms with Gasteiger partial charge in [-0.3, -0.25) is 0 Å². The van der Waals surface area contributed by atoms with Crippen LogP contribution in [-0.2, 0) is 4.74 Å². The van der Waals surface area contributed by atoms with Gasteiger partial charge in [0.25, 0.3) is 5.92 Å². The van der Waals surface area contributed by atoms with Crippen molar-refractivity contribution in [2.75, 3.05) is 13.1 Å². The van der Waals surface area contributed by atoms with Gasteiger partial charge in [-0.1, -0.05) is 0 Å². The smallest absolute Gasteiger partial charge is 0.407 e. The second kappa shape index (κ2) is 5.16. The van der Waals surface area contributed by atoms with E-state index in [0.717, 1.165) is 0 Å². The van der Waals surface area contributed by atoms with E-state index in [1.54, 1.807) is 20.8 Å². The van der Waals surface area contributed by atoms with E-state index in [2.05, 4.69) is 10.6 Å². The highest BCUT2D eigenvalue weighted by atomic mass is 19.3. The van der Waals surface area contributed by atoms with Crippen LogP contribution in [0.15, 0.2) is 0 Å². The number of hydrogen-bond acceptors (Lipinski definition) is 3. The summed E-state index contributed by atoms with van der Waals surface area (Å²) >= 11 is 0. The van der Waals surface area contributed by atoms with Crippen molar-refractivity contribution in [3.63, 3.8) is 0 Å². The predicted molar refractivity (Wildman–Crippen MR) is 60.2 cm³/mol. The normalized spacial score (nSPS) is 24.2. The highest BCUT2D eigenvalue weighted by molar-refractivity contribution is 5.67. The summed E-state index contributed by atoms with van der Waals surface area (Å²) in [6.07, 6.45) is -0.305. The van der Waals surface area contributed by atoms with Crippen molar-refractivity contribution in [3.8, 4) is 0 Å². The van der Waals surface area contributed by atoms with Crippen LogP contribution in [0.5, 0.6) is 0 Å². The summed E-state index contributed by atoms with van der Waals surface area (Å²) in [5, 5.41) is 5.27. The van der Waals surface area contributed by atoms with Crippen LogP contribution < -0.4 is 10.6 Å². The molecule has 1 aliphatic heterocycles. The van der Waals surface area contributed by atoms with Crippen molar-refractivity contribution >= 4 is 6.09 Å². The minimum atomic E-state index is -2.62. The average molecular weight is 250 g/mol. The van der Waals surface area contributed by atoms with E-state index in [-0.39, 0.29) is 19.0 Å². The summed E-state index contributed by atoms with van der Waals surface area (Å²) in [6.45, 7) is 5.29. The van der Waals surface area contributed by atoms with Crippen molar-refractivity contribution in [3.05, 3.63) is 0 Å². The lowest BCUT2D eigenvalue weighted by atomic mass is 10.0. The molecule has 17 heavy (non-hydrogen) atoms. The molecule has 0 saturated carbocycles. The number of halogens is 2. The fourth-order valence-electron chi connectivity index (χ4n) is 1.56. The number of carbonyl (C=O) groups is 1. The standard InChI is InChI=1S/C11H20F2N2O2/c1-10(2,3)17-9(16)14-6-8-4-5-11(12,13)7-15-8/h8,15H,4-7H2,1-3H3,(H,14,16)/t8-/m1/s1. The molecule has 0 spiro atoms. The van der Waals surface area contributed by atoms with Gasteiger partial charge in [0.2, 0.25) is 0 Å². The molecule has 0 aromatic rings. The fourth-order valence-corrected chi connectivity index (χ4v) is 1.56. The third-order valence-corrected chi connectivity index (χ3v) is 2.40. The van der Waals surface area contributed by atoms with E-state index >= 15 is 0 Å². The van der Waals surface area contributed by atoms with Crippen molar-refractivity contribution in [1.29, 1.82) is 0 Å². The molecule has 4 nitrogen and oxygen atoms in total. The topological polar surface area (TPSA) is 50.4 Å². The number of ether oxygens (including phenoxy) is 1. The average Bonchev–Trinajstić information content (AvgIpc) is 2.13. The highest BCUT2D eigenvalue weighted by Crippen LogP contribution is 2.24. The number of amides is 1. The second-order valence-corrected chi connectivity index (χ2v) is 5.36. The maximum Gasteiger partial charge on any atom is 0.407 e. The quantitative estimate of drug-likeness (QED) is 0.787. The summed E-state index contributed by atoms with van der Waals surface area (Å²) in [6, 6.07) is -0.109. The Labute approximate surface area is 100 Å². The van der Waals surface area contributed by atoms with Crippen LogP contribution >= 0.6 is 0 Å². The van der Waals surface area contributed by atoms with Gasteiger partial charge in [-0.2, -0.15) is 0 Å². The fraction of sp³-hybridized carbons (Fsp3) is 0.909. The van der Waals surface area contributed by atoms with E-state index in [9.17, 15) is 13.6 Å². The Balaban J connectivity index is 2.22. The van der Waals surface area contributed by atoms with Crippen LogP contribution in [0.3, 0.4) is 0 Å². The van der Waals surface area contributed by atoms with Crippen LogP contribution in [0.2, 0.25) is 0 Å². The Bertz CT molecular complexity index is 267. The van der Waals surface area contributed by atoms with Crippen molar-refractivity contribution < 1.29 is 18.3 Å². The van der Waals surface area contributed by atoms with Gasteiger partial charge in [0.05, 0.1) is 6.54 Å². The van der Waals surface area contributed by atoms with Gasteiger partial charge < -0.3 is 15.4 Å². The molecule has 1 atom stereocenters. The molecule has 6 heteroatoms. The molecule has 1 aliphatic rings. The summed E-state index contributed by atoms with van der Waals surface area (Å²) in [5.74, 6) is -2.62. The van der Waals surface area contributed by atoms with E-state index in [0.29, 0.717) is 13.0 Å². The number of carbonyl (C=O) groups excluding carboxylic acids is 1. The molecule has 0 aromatic heterocycles. The maximum absolute atomic E-state index is 12.8. The first-order valence-electron chi connectivity index (χ1n) is 5.76. The zero-order valence-corrected chi connectivity index (χ0v) is 10.5. The van der Waals surface area contributed by atoms with E-state index in [1.165, 1.54) is 0 Å². The van der Waals surface area contributed by atoms with Gasteiger partial charge in [-0.15, -0.1) is 0 Å². The van der Waals surface area contributed by atoms with Crippen LogP contribution in [0.1, 0.15) is 33.6 Å². The monoisotopic (exact) mass is 250 g/mol. The van der Waals surface area contributed by atoms with Crippen LogP contribution in [-0.4, -0.2) is 36.7 Å². The third kappa shape index (κ3) is 5.81. The van der Waals surface area contributed by atoms with Gasteiger partial charge in [0.15, 0.2) is 0 Å². The maximum atomic E-state index is 12.8. The Morgan fingerprint density at radius 3 is 2.65 bits per heavy atom. The minimum absolute atomic E-state index is 0.109. The predicted octanol–water partition coefficient (Wildman–Crippen LogP) is 1.90. The number of piperidine rings is 1. The first-order chi connectivity index (χ1) is 7.68. The molecular weight excluding hydrogens is 230 g/mol. The lowest BCUT2D eigenvalue weighted by molar-refractivity contribution is -0.0299. The molecule has 1 amide bonds. The number of hydrogen-bond donors (Lipinski definition) is 2. The number of alkyl halides is 2. The molecule has 1 heterocycles. The molecule has 0 aromatic carbocycles. The molecule has 100 valence electrons. The number of alkyl carbamates (subject to hydrolysis) is 1. The molecule has 1 fully saturated rings. The van der Waals surface area contributed by atoms with E-state index < -0.39 is 17.6 Å². The summed E-state index contributed by atoms with van der Waals surface area (Å²) in [4.78, 5) is 11.3. The Morgan fingerprint density at radius 1 is 1.53 bits per heavy atom. The van der Waals surface area contributed by atoms with Crippen molar-refractivity contribution in [1.82, 2.24) is 10.6 Å². The van der Waals surface area contributed by atoms with Crippen molar-refractivity contribution in [2.24, 2.45) is 0 Å². The molecule has 0 aliphatic carbocycles. The zero-order valence-electron chi connectivity index (χ0n) is 10.5. The zero-order chi connectivity index (χ0) is 13.1. The van der Waals surface area contributed by atoms with Crippen LogP contribution in [0, 0.1) is 0 Å². The van der Waals surface area contributed by atoms with Gasteiger partial charge in [0.1, 0.15) is 5.60 Å². The first kappa shape index (κ1) is 14.2. The van der Waals surface area contributed by atoms with Gasteiger partial charge in [-0.05, 0) is 27.2 Å². The number of rotatable bonds is 2. The minimum Gasteiger partial charge on any atom is -0.444 e. The summed E-state index contributed by atoms with van der Waals surface area (Å²) in [7, 11) is 0. The molecule has 1 saturated heterocycles. The second-order valence-electron chi connectivity index (χ2n) is 5.36. The lowest BCUT2D eigenvalue weighted by Gasteiger charge is -2.30. The van der Waals surface area contributed by atoms with Crippen LogP contribution in [0.4, 0.5) is 13.6 Å². The Hall–Kier alpha value is -0.910. The van der Waals surface area contributed by atoms with Gasteiger partial charge in [-0.25, -0.2) is 13.6 Å². The van der Waals surface area contributed by atoms with Crippen molar-refractivity contribution in [2.45, 2.75) is 51.2 Å². The molecule has 1 rings (SSSR count). The third-order valence-electron chi connectivity index (χ3n) is 2.40.